The van der Waals surface area contributed by atoms with Crippen molar-refractivity contribution in [2.45, 2.75) is 26.3 Å². The van der Waals surface area contributed by atoms with Crippen molar-refractivity contribution in [3.8, 4) is 0 Å². The fourth-order valence-corrected chi connectivity index (χ4v) is 1.32. The molecule has 0 saturated carbocycles. The van der Waals surface area contributed by atoms with Gasteiger partial charge in [0.2, 0.25) is 0 Å². The van der Waals surface area contributed by atoms with Gasteiger partial charge in [0.05, 0.1) is 0 Å². The number of nitrogen functional groups attached to an aromatic ring is 2. The Morgan fingerprint density at radius 2 is 1.87 bits per heavy atom. The van der Waals surface area contributed by atoms with Crippen molar-refractivity contribution in [3.05, 3.63) is 20.8 Å². The Kier molecular flexibility index (Phi) is 3.18. The van der Waals surface area contributed by atoms with Crippen LogP contribution in [0.25, 0.3) is 0 Å². The van der Waals surface area contributed by atoms with Gasteiger partial charge in [-0.3, -0.25) is 13.9 Å². The van der Waals surface area contributed by atoms with E-state index in [1.807, 2.05) is 6.92 Å². The summed E-state index contributed by atoms with van der Waals surface area (Å²) in [4.78, 5) is 23.3. The Balaban J connectivity index is 3.40. The topological polar surface area (TPSA) is 96.0 Å². The second-order valence-electron chi connectivity index (χ2n) is 3.45. The zero-order valence-electron chi connectivity index (χ0n) is 8.99. The molecule has 0 bridgehead atoms. The van der Waals surface area contributed by atoms with E-state index in [1.54, 1.807) is 0 Å². The summed E-state index contributed by atoms with van der Waals surface area (Å²) in [5.74, 6) is 0.0257. The Labute approximate surface area is 87.1 Å². The Bertz CT molecular complexity index is 435. The summed E-state index contributed by atoms with van der Waals surface area (Å²) < 4.78 is 2.31. The Morgan fingerprint density at radius 3 is 2.40 bits per heavy atom. The molecule has 0 saturated heterocycles. The molecule has 6 nitrogen and oxygen atoms in total. The molecule has 0 amide bonds. The third kappa shape index (κ3) is 1.88. The number of anilines is 2. The average molecular weight is 212 g/mol. The van der Waals surface area contributed by atoms with Gasteiger partial charge in [-0.1, -0.05) is 13.3 Å². The summed E-state index contributed by atoms with van der Waals surface area (Å²) in [6.45, 7) is 2.36. The van der Waals surface area contributed by atoms with E-state index in [9.17, 15) is 9.59 Å². The molecule has 0 spiro atoms. The minimum Gasteiger partial charge on any atom is -0.391 e. The molecule has 0 aliphatic carbocycles. The molecular weight excluding hydrogens is 196 g/mol. The fraction of sp³-hybridized carbons (Fsp3) is 0.556. The predicted octanol–water partition coefficient (Wildman–Crippen LogP) is -0.488. The first-order valence-electron chi connectivity index (χ1n) is 4.85. The predicted molar refractivity (Wildman–Crippen MR) is 59.7 cm³/mol. The molecule has 4 N–H and O–H groups in total. The van der Waals surface area contributed by atoms with E-state index in [0.29, 0.717) is 6.54 Å². The maximum Gasteiger partial charge on any atom is 0.332 e. The zero-order valence-corrected chi connectivity index (χ0v) is 8.99. The number of unbranched alkanes of at least 4 members (excludes halogenated alkanes) is 1. The molecule has 0 fully saturated rings. The summed E-state index contributed by atoms with van der Waals surface area (Å²) in [7, 11) is 1.50. The van der Waals surface area contributed by atoms with Gasteiger partial charge in [0.15, 0.2) is 0 Å². The van der Waals surface area contributed by atoms with E-state index in [2.05, 4.69) is 0 Å². The first kappa shape index (κ1) is 11.4. The highest BCUT2D eigenvalue weighted by Gasteiger charge is 2.11. The van der Waals surface area contributed by atoms with Crippen LogP contribution >= 0.6 is 0 Å². The summed E-state index contributed by atoms with van der Waals surface area (Å²) in [5, 5.41) is 0. The molecule has 1 aromatic rings. The maximum atomic E-state index is 11.7. The number of hydrogen-bond donors (Lipinski definition) is 2. The molecule has 0 radical (unpaired) electrons. The molecule has 0 aliphatic rings. The van der Waals surface area contributed by atoms with Crippen molar-refractivity contribution in [2.24, 2.45) is 7.05 Å². The van der Waals surface area contributed by atoms with Gasteiger partial charge in [-0.15, -0.1) is 0 Å². The standard InChI is InChI=1S/C9H16N4O2/c1-3-4-5-13-8(14)6(10)7(11)12(2)9(13)15/h3-5,10-11H2,1-2H3. The average Bonchev–Trinajstić information content (AvgIpc) is 2.24. The smallest absolute Gasteiger partial charge is 0.332 e. The van der Waals surface area contributed by atoms with Gasteiger partial charge in [0, 0.05) is 13.6 Å². The molecule has 84 valence electrons. The van der Waals surface area contributed by atoms with E-state index in [0.717, 1.165) is 17.4 Å². The quantitative estimate of drug-likeness (QED) is 0.706. The summed E-state index contributed by atoms with van der Waals surface area (Å²) in [6, 6.07) is 0. The second kappa shape index (κ2) is 4.20. The first-order chi connectivity index (χ1) is 7.00. The molecular formula is C9H16N4O2. The van der Waals surface area contributed by atoms with Crippen molar-refractivity contribution in [1.29, 1.82) is 0 Å². The van der Waals surface area contributed by atoms with E-state index in [-0.39, 0.29) is 11.5 Å². The third-order valence-electron chi connectivity index (χ3n) is 2.37. The third-order valence-corrected chi connectivity index (χ3v) is 2.37. The first-order valence-corrected chi connectivity index (χ1v) is 4.85. The largest absolute Gasteiger partial charge is 0.391 e. The minimum absolute atomic E-state index is 0.0257. The van der Waals surface area contributed by atoms with Crippen LogP contribution in [0.4, 0.5) is 11.5 Å². The highest BCUT2D eigenvalue weighted by atomic mass is 16.2. The van der Waals surface area contributed by atoms with Gasteiger partial charge in [0.25, 0.3) is 5.56 Å². The van der Waals surface area contributed by atoms with Gasteiger partial charge >= 0.3 is 5.69 Å². The normalized spacial score (nSPS) is 10.5. The summed E-state index contributed by atoms with van der Waals surface area (Å²) >= 11 is 0. The van der Waals surface area contributed by atoms with Crippen molar-refractivity contribution in [2.75, 3.05) is 11.5 Å². The van der Waals surface area contributed by atoms with Gasteiger partial charge in [-0.2, -0.15) is 0 Å². The van der Waals surface area contributed by atoms with Crippen molar-refractivity contribution >= 4 is 11.5 Å². The monoisotopic (exact) mass is 212 g/mol. The van der Waals surface area contributed by atoms with Crippen LogP contribution < -0.4 is 22.7 Å². The van der Waals surface area contributed by atoms with Gasteiger partial charge in [-0.25, -0.2) is 4.79 Å². The Hall–Kier alpha value is -1.72. The lowest BCUT2D eigenvalue weighted by Gasteiger charge is -2.10. The molecule has 0 atom stereocenters. The van der Waals surface area contributed by atoms with Crippen LogP contribution in [0.2, 0.25) is 0 Å². The van der Waals surface area contributed by atoms with E-state index < -0.39 is 11.2 Å². The molecule has 15 heavy (non-hydrogen) atoms. The molecule has 1 rings (SSSR count). The van der Waals surface area contributed by atoms with Crippen LogP contribution in [0.15, 0.2) is 9.59 Å². The highest BCUT2D eigenvalue weighted by molar-refractivity contribution is 5.56. The molecule has 1 heterocycles. The number of hydrogen-bond acceptors (Lipinski definition) is 4. The summed E-state index contributed by atoms with van der Waals surface area (Å²) in [6.07, 6.45) is 1.67. The summed E-state index contributed by atoms with van der Waals surface area (Å²) in [5.41, 5.74) is 10.0. The number of aromatic nitrogens is 2. The Morgan fingerprint density at radius 1 is 1.27 bits per heavy atom. The second-order valence-corrected chi connectivity index (χ2v) is 3.45. The van der Waals surface area contributed by atoms with Gasteiger partial charge in [0.1, 0.15) is 11.5 Å². The van der Waals surface area contributed by atoms with Crippen molar-refractivity contribution in [3.63, 3.8) is 0 Å². The maximum absolute atomic E-state index is 11.7. The van der Waals surface area contributed by atoms with Crippen LogP contribution in [-0.4, -0.2) is 9.13 Å². The van der Waals surface area contributed by atoms with E-state index in [4.69, 9.17) is 11.5 Å². The number of nitrogens with zero attached hydrogens (tertiary/aromatic N) is 2. The van der Waals surface area contributed by atoms with Gasteiger partial charge < -0.3 is 11.5 Å². The fourth-order valence-electron chi connectivity index (χ4n) is 1.32. The van der Waals surface area contributed by atoms with Crippen molar-refractivity contribution in [1.82, 2.24) is 9.13 Å². The lowest BCUT2D eigenvalue weighted by Crippen LogP contribution is -2.41. The van der Waals surface area contributed by atoms with E-state index in [1.165, 1.54) is 11.6 Å². The molecule has 0 aromatic carbocycles. The van der Waals surface area contributed by atoms with Crippen molar-refractivity contribution < 1.29 is 0 Å². The zero-order chi connectivity index (χ0) is 11.6. The lowest BCUT2D eigenvalue weighted by atomic mass is 10.3. The van der Waals surface area contributed by atoms with Crippen LogP contribution in [-0.2, 0) is 13.6 Å². The minimum atomic E-state index is -0.496. The van der Waals surface area contributed by atoms with Crippen LogP contribution in [0, 0.1) is 0 Å². The van der Waals surface area contributed by atoms with Crippen LogP contribution in [0.3, 0.4) is 0 Å². The molecule has 0 unspecified atom stereocenters. The van der Waals surface area contributed by atoms with Crippen LogP contribution in [0.1, 0.15) is 19.8 Å². The molecule has 1 aromatic heterocycles. The van der Waals surface area contributed by atoms with Crippen LogP contribution in [0.5, 0.6) is 0 Å². The highest BCUT2D eigenvalue weighted by Crippen LogP contribution is 2.03. The number of nitrogens with two attached hydrogens (primary N) is 2. The number of rotatable bonds is 3. The van der Waals surface area contributed by atoms with Gasteiger partial charge in [-0.05, 0) is 6.42 Å². The SMILES string of the molecule is CCCCn1c(=O)c(N)c(N)n(C)c1=O. The lowest BCUT2D eigenvalue weighted by molar-refractivity contribution is 0.562. The van der Waals surface area contributed by atoms with E-state index >= 15 is 0 Å². The molecule has 6 heteroatoms. The molecule has 0 aliphatic heterocycles.